The van der Waals surface area contributed by atoms with Gasteiger partial charge in [-0.1, -0.05) is 32.9 Å². The Bertz CT molecular complexity index is 322. The van der Waals surface area contributed by atoms with Crippen molar-refractivity contribution in [2.24, 2.45) is 0 Å². The van der Waals surface area contributed by atoms with Crippen molar-refractivity contribution < 1.29 is 19.1 Å². The van der Waals surface area contributed by atoms with Gasteiger partial charge in [0.25, 0.3) is 0 Å². The zero-order chi connectivity index (χ0) is 15.4. The third kappa shape index (κ3) is 9.36. The minimum absolute atomic E-state index is 0.0808. The molecule has 20 heavy (non-hydrogen) atoms. The lowest BCUT2D eigenvalue weighted by molar-refractivity contribution is -0.143. The molecule has 4 nitrogen and oxygen atoms in total. The standard InChI is InChI=1S/C16H26O4/c1-5-8-11-14(20-16(18)7-3)12-9-10-13(4)19-15(17)6-2/h6-7,13-14H,2-3,5,8-12H2,1,4H3. The number of esters is 2. The maximum absolute atomic E-state index is 11.2. The smallest absolute Gasteiger partial charge is 0.330 e. The van der Waals surface area contributed by atoms with Gasteiger partial charge in [0.05, 0.1) is 6.10 Å². The molecule has 0 N–H and O–H groups in total. The molecule has 0 saturated carbocycles. The van der Waals surface area contributed by atoms with Crippen molar-refractivity contribution in [3.8, 4) is 0 Å². The number of hydrogen-bond donors (Lipinski definition) is 0. The molecule has 0 bridgehead atoms. The lowest BCUT2D eigenvalue weighted by atomic mass is 10.0. The summed E-state index contributed by atoms with van der Waals surface area (Å²) in [6, 6.07) is 0. The van der Waals surface area contributed by atoms with Crippen molar-refractivity contribution in [3.63, 3.8) is 0 Å². The molecule has 0 aromatic rings. The van der Waals surface area contributed by atoms with Crippen LogP contribution in [0.15, 0.2) is 25.3 Å². The van der Waals surface area contributed by atoms with Crippen molar-refractivity contribution in [2.45, 2.75) is 64.6 Å². The Labute approximate surface area is 121 Å². The molecular weight excluding hydrogens is 256 g/mol. The third-order valence-electron chi connectivity index (χ3n) is 2.95. The first-order valence-electron chi connectivity index (χ1n) is 7.19. The molecule has 0 heterocycles. The summed E-state index contributed by atoms with van der Waals surface area (Å²) < 4.78 is 10.4. The first kappa shape index (κ1) is 18.4. The van der Waals surface area contributed by atoms with Crippen LogP contribution in [0, 0.1) is 0 Å². The maximum atomic E-state index is 11.2. The Morgan fingerprint density at radius 2 is 1.55 bits per heavy atom. The Morgan fingerprint density at radius 3 is 2.10 bits per heavy atom. The van der Waals surface area contributed by atoms with Gasteiger partial charge in [0.1, 0.15) is 6.10 Å². The van der Waals surface area contributed by atoms with E-state index in [-0.39, 0.29) is 18.2 Å². The summed E-state index contributed by atoms with van der Waals surface area (Å²) in [5.74, 6) is -0.782. The summed E-state index contributed by atoms with van der Waals surface area (Å²) in [5, 5.41) is 0. The molecule has 0 aromatic heterocycles. The second-order valence-electron chi connectivity index (χ2n) is 4.79. The summed E-state index contributed by atoms with van der Waals surface area (Å²) in [4.78, 5) is 22.3. The average Bonchev–Trinajstić information content (AvgIpc) is 2.43. The molecule has 0 aromatic carbocycles. The summed E-state index contributed by atoms with van der Waals surface area (Å²) >= 11 is 0. The molecule has 0 fully saturated rings. The monoisotopic (exact) mass is 282 g/mol. The Balaban J connectivity index is 4.04. The van der Waals surface area contributed by atoms with Gasteiger partial charge in [-0.3, -0.25) is 0 Å². The van der Waals surface area contributed by atoms with E-state index in [0.717, 1.165) is 44.6 Å². The lowest BCUT2D eigenvalue weighted by Crippen LogP contribution is -2.18. The second kappa shape index (κ2) is 11.3. The molecule has 0 amide bonds. The third-order valence-corrected chi connectivity index (χ3v) is 2.95. The van der Waals surface area contributed by atoms with Crippen LogP contribution in [0.25, 0.3) is 0 Å². The van der Waals surface area contributed by atoms with Crippen LogP contribution in [-0.2, 0) is 19.1 Å². The van der Waals surface area contributed by atoms with Crippen molar-refractivity contribution in [1.29, 1.82) is 0 Å². The SMILES string of the molecule is C=CC(=O)OC(C)CCCC(CCCC)OC(=O)C=C. The molecule has 0 saturated heterocycles. The van der Waals surface area contributed by atoms with Gasteiger partial charge in [-0.05, 0) is 32.6 Å². The highest BCUT2D eigenvalue weighted by atomic mass is 16.5. The molecule has 114 valence electrons. The number of rotatable bonds is 11. The molecule has 4 heteroatoms. The van der Waals surface area contributed by atoms with Gasteiger partial charge >= 0.3 is 11.9 Å². The lowest BCUT2D eigenvalue weighted by Gasteiger charge is -2.18. The number of carbonyl (C=O) groups excluding carboxylic acids is 2. The van der Waals surface area contributed by atoms with Gasteiger partial charge in [-0.25, -0.2) is 9.59 Å². The first-order chi connectivity index (χ1) is 9.53. The van der Waals surface area contributed by atoms with Crippen molar-refractivity contribution in [2.75, 3.05) is 0 Å². The van der Waals surface area contributed by atoms with E-state index in [9.17, 15) is 9.59 Å². The molecule has 0 spiro atoms. The molecular formula is C16H26O4. The highest BCUT2D eigenvalue weighted by Gasteiger charge is 2.14. The van der Waals surface area contributed by atoms with Crippen LogP contribution in [0.2, 0.25) is 0 Å². The number of unbranched alkanes of at least 4 members (excludes halogenated alkanes) is 1. The van der Waals surface area contributed by atoms with Crippen molar-refractivity contribution >= 4 is 11.9 Å². The highest BCUT2D eigenvalue weighted by molar-refractivity contribution is 5.81. The van der Waals surface area contributed by atoms with Crippen LogP contribution in [0.4, 0.5) is 0 Å². The van der Waals surface area contributed by atoms with E-state index in [1.54, 1.807) is 0 Å². The van der Waals surface area contributed by atoms with E-state index < -0.39 is 5.97 Å². The summed E-state index contributed by atoms with van der Waals surface area (Å²) in [6.45, 7) is 10.7. The fraction of sp³-hybridized carbons (Fsp3) is 0.625. The zero-order valence-electron chi connectivity index (χ0n) is 12.6. The van der Waals surface area contributed by atoms with Gasteiger partial charge in [-0.15, -0.1) is 0 Å². The van der Waals surface area contributed by atoms with Gasteiger partial charge in [0.2, 0.25) is 0 Å². The summed E-state index contributed by atoms with van der Waals surface area (Å²) in [7, 11) is 0. The number of carbonyl (C=O) groups is 2. The van der Waals surface area contributed by atoms with Gasteiger partial charge in [0, 0.05) is 12.2 Å². The number of ether oxygens (including phenoxy) is 2. The molecule has 0 rings (SSSR count). The summed E-state index contributed by atoms with van der Waals surface area (Å²) in [6.07, 6.45) is 7.42. The van der Waals surface area contributed by atoms with Gasteiger partial charge < -0.3 is 9.47 Å². The Kier molecular flexibility index (Phi) is 10.4. The molecule has 2 unspecified atom stereocenters. The molecule has 0 aliphatic heterocycles. The Morgan fingerprint density at radius 1 is 1.00 bits per heavy atom. The van der Waals surface area contributed by atoms with Crippen LogP contribution < -0.4 is 0 Å². The largest absolute Gasteiger partial charge is 0.460 e. The first-order valence-corrected chi connectivity index (χ1v) is 7.19. The molecule has 0 aliphatic rings. The number of hydrogen-bond acceptors (Lipinski definition) is 4. The van der Waals surface area contributed by atoms with E-state index in [0.29, 0.717) is 0 Å². The summed E-state index contributed by atoms with van der Waals surface area (Å²) in [5.41, 5.74) is 0. The zero-order valence-corrected chi connectivity index (χ0v) is 12.6. The minimum atomic E-state index is -0.405. The van der Waals surface area contributed by atoms with E-state index in [1.807, 2.05) is 6.92 Å². The molecule has 0 aliphatic carbocycles. The van der Waals surface area contributed by atoms with Crippen LogP contribution in [-0.4, -0.2) is 24.1 Å². The van der Waals surface area contributed by atoms with Crippen LogP contribution in [0.1, 0.15) is 52.4 Å². The normalized spacial score (nSPS) is 13.1. The van der Waals surface area contributed by atoms with Crippen LogP contribution in [0.5, 0.6) is 0 Å². The fourth-order valence-corrected chi connectivity index (χ4v) is 1.84. The second-order valence-corrected chi connectivity index (χ2v) is 4.79. The predicted octanol–water partition coefficient (Wildman–Crippen LogP) is 3.56. The molecule has 2 atom stereocenters. The van der Waals surface area contributed by atoms with E-state index >= 15 is 0 Å². The average molecular weight is 282 g/mol. The highest BCUT2D eigenvalue weighted by Crippen LogP contribution is 2.15. The van der Waals surface area contributed by atoms with E-state index in [2.05, 4.69) is 20.1 Å². The Hall–Kier alpha value is -1.58. The van der Waals surface area contributed by atoms with Crippen LogP contribution in [0.3, 0.4) is 0 Å². The van der Waals surface area contributed by atoms with Gasteiger partial charge in [0.15, 0.2) is 0 Å². The van der Waals surface area contributed by atoms with Crippen molar-refractivity contribution in [3.05, 3.63) is 25.3 Å². The molecule has 0 radical (unpaired) electrons. The fourth-order valence-electron chi connectivity index (χ4n) is 1.84. The van der Waals surface area contributed by atoms with Gasteiger partial charge in [-0.2, -0.15) is 0 Å². The topological polar surface area (TPSA) is 52.6 Å². The minimum Gasteiger partial charge on any atom is -0.460 e. The maximum Gasteiger partial charge on any atom is 0.330 e. The van der Waals surface area contributed by atoms with Crippen LogP contribution >= 0.6 is 0 Å². The van der Waals surface area contributed by atoms with Crippen molar-refractivity contribution in [1.82, 2.24) is 0 Å². The van der Waals surface area contributed by atoms with E-state index in [4.69, 9.17) is 9.47 Å². The quantitative estimate of drug-likeness (QED) is 0.429. The van der Waals surface area contributed by atoms with E-state index in [1.165, 1.54) is 6.08 Å². The predicted molar refractivity (Wildman–Crippen MR) is 79.2 cm³/mol.